The molecule has 3 aromatic rings. The lowest BCUT2D eigenvalue weighted by Gasteiger charge is -2.38. The summed E-state index contributed by atoms with van der Waals surface area (Å²) in [6, 6.07) is 8.87. The number of aromatic nitrogens is 2. The number of nitrogens with zero attached hydrogens (tertiary/aromatic N) is 3. The van der Waals surface area contributed by atoms with Gasteiger partial charge in [-0.15, -0.1) is 11.3 Å². The van der Waals surface area contributed by atoms with E-state index in [0.717, 1.165) is 34.1 Å². The minimum Gasteiger partial charge on any atom is -0.383 e. The second kappa shape index (κ2) is 8.45. The van der Waals surface area contributed by atoms with Gasteiger partial charge in [0.2, 0.25) is 0 Å². The van der Waals surface area contributed by atoms with E-state index in [1.807, 2.05) is 23.5 Å². The molecule has 1 fully saturated rings. The van der Waals surface area contributed by atoms with Gasteiger partial charge in [-0.1, -0.05) is 36.2 Å². The summed E-state index contributed by atoms with van der Waals surface area (Å²) >= 11 is 8.19. The predicted octanol–water partition coefficient (Wildman–Crippen LogP) is 5.69. The summed E-state index contributed by atoms with van der Waals surface area (Å²) in [6.07, 6.45) is 10.2. The van der Waals surface area contributed by atoms with Crippen LogP contribution in [0.5, 0.6) is 0 Å². The lowest BCUT2D eigenvalue weighted by molar-refractivity contribution is 0.146. The number of hydrogen-bond donors (Lipinski definition) is 1. The van der Waals surface area contributed by atoms with Crippen LogP contribution >= 0.6 is 22.9 Å². The molecule has 1 aromatic carbocycles. The predicted molar refractivity (Wildman–Crippen MR) is 126 cm³/mol. The number of hydrogen-bond acceptors (Lipinski definition) is 5. The van der Waals surface area contributed by atoms with Gasteiger partial charge in [0.15, 0.2) is 0 Å². The Balaban J connectivity index is 1.30. The molecule has 2 aliphatic carbocycles. The number of nitrogens with two attached hydrogens (primary N) is 1. The SMILES string of the molecule is CN(CCc1ccccc1Cl)[C@H]1CCCC(C2CCc3sc4ncnc(N)c4c32)C1. The van der Waals surface area contributed by atoms with Crippen molar-refractivity contribution in [2.75, 3.05) is 19.3 Å². The second-order valence-electron chi connectivity index (χ2n) is 8.93. The summed E-state index contributed by atoms with van der Waals surface area (Å²) in [5, 5.41) is 2.03. The zero-order chi connectivity index (χ0) is 20.7. The van der Waals surface area contributed by atoms with Gasteiger partial charge in [0, 0.05) is 22.5 Å². The average Bonchev–Trinajstić information content (AvgIpc) is 3.32. The molecule has 0 aliphatic heterocycles. The topological polar surface area (TPSA) is 55.0 Å². The molecule has 2 aliphatic rings. The maximum absolute atomic E-state index is 6.36. The molecular formula is C24H29ClN4S. The highest BCUT2D eigenvalue weighted by atomic mass is 35.5. The van der Waals surface area contributed by atoms with Crippen LogP contribution in [0.3, 0.4) is 0 Å². The molecule has 158 valence electrons. The number of rotatable bonds is 5. The molecular weight excluding hydrogens is 412 g/mol. The van der Waals surface area contributed by atoms with Gasteiger partial charge >= 0.3 is 0 Å². The highest BCUT2D eigenvalue weighted by molar-refractivity contribution is 7.19. The molecule has 2 unspecified atom stereocenters. The Kier molecular flexibility index (Phi) is 5.69. The van der Waals surface area contributed by atoms with E-state index >= 15 is 0 Å². The first kappa shape index (κ1) is 20.2. The van der Waals surface area contributed by atoms with Crippen molar-refractivity contribution in [3.63, 3.8) is 0 Å². The number of anilines is 1. The molecule has 4 nitrogen and oxygen atoms in total. The third kappa shape index (κ3) is 3.72. The van der Waals surface area contributed by atoms with Crippen LogP contribution in [-0.4, -0.2) is 34.5 Å². The summed E-state index contributed by atoms with van der Waals surface area (Å²) < 4.78 is 0. The molecule has 2 heterocycles. The minimum atomic E-state index is 0.613. The van der Waals surface area contributed by atoms with Crippen LogP contribution in [0.2, 0.25) is 5.02 Å². The van der Waals surface area contributed by atoms with Crippen LogP contribution in [0.25, 0.3) is 10.2 Å². The molecule has 0 saturated heterocycles. The van der Waals surface area contributed by atoms with Crippen molar-refractivity contribution in [3.8, 4) is 0 Å². The summed E-state index contributed by atoms with van der Waals surface area (Å²) in [5.41, 5.74) is 9.02. The normalized spacial score (nSPS) is 23.9. The van der Waals surface area contributed by atoms with E-state index in [1.165, 1.54) is 54.5 Å². The quantitative estimate of drug-likeness (QED) is 0.553. The molecule has 0 radical (unpaired) electrons. The van der Waals surface area contributed by atoms with Gasteiger partial charge in [-0.05, 0) is 74.6 Å². The van der Waals surface area contributed by atoms with Crippen LogP contribution in [0.15, 0.2) is 30.6 Å². The monoisotopic (exact) mass is 440 g/mol. The highest BCUT2D eigenvalue weighted by Gasteiger charge is 2.37. The molecule has 30 heavy (non-hydrogen) atoms. The lowest BCUT2D eigenvalue weighted by Crippen LogP contribution is -2.38. The summed E-state index contributed by atoms with van der Waals surface area (Å²) in [5.74, 6) is 2.00. The Morgan fingerprint density at radius 3 is 2.93 bits per heavy atom. The largest absolute Gasteiger partial charge is 0.383 e. The number of likely N-dealkylation sites (N-methyl/N-ethyl adjacent to an activating group) is 1. The summed E-state index contributed by atoms with van der Waals surface area (Å²) in [7, 11) is 2.29. The zero-order valence-electron chi connectivity index (χ0n) is 17.5. The number of halogens is 1. The van der Waals surface area contributed by atoms with Crippen LogP contribution in [0, 0.1) is 5.92 Å². The number of thiophene rings is 1. The van der Waals surface area contributed by atoms with E-state index in [2.05, 4.69) is 34.0 Å². The van der Waals surface area contributed by atoms with Crippen molar-refractivity contribution in [1.29, 1.82) is 0 Å². The van der Waals surface area contributed by atoms with E-state index in [1.54, 1.807) is 6.33 Å². The third-order valence-corrected chi connectivity index (χ3v) is 8.80. The Morgan fingerprint density at radius 2 is 2.07 bits per heavy atom. The molecule has 0 spiro atoms. The van der Waals surface area contributed by atoms with Gasteiger partial charge in [-0.2, -0.15) is 0 Å². The number of nitrogen functional groups attached to an aromatic ring is 1. The van der Waals surface area contributed by atoms with Crippen molar-refractivity contribution in [1.82, 2.24) is 14.9 Å². The van der Waals surface area contributed by atoms with Crippen LogP contribution < -0.4 is 5.73 Å². The highest BCUT2D eigenvalue weighted by Crippen LogP contribution is 2.50. The van der Waals surface area contributed by atoms with Gasteiger partial charge < -0.3 is 10.6 Å². The molecule has 2 N–H and O–H groups in total. The van der Waals surface area contributed by atoms with Crippen LogP contribution in [0.1, 0.15) is 54.0 Å². The van der Waals surface area contributed by atoms with E-state index in [-0.39, 0.29) is 0 Å². The fourth-order valence-corrected chi connectivity index (χ4v) is 7.11. The van der Waals surface area contributed by atoms with Crippen molar-refractivity contribution in [2.45, 2.75) is 56.9 Å². The Morgan fingerprint density at radius 1 is 1.20 bits per heavy atom. The first-order chi connectivity index (χ1) is 14.6. The molecule has 6 heteroatoms. The van der Waals surface area contributed by atoms with Gasteiger partial charge in [0.1, 0.15) is 17.0 Å². The summed E-state index contributed by atoms with van der Waals surface area (Å²) in [6.45, 7) is 1.05. The average molecular weight is 441 g/mol. The van der Waals surface area contributed by atoms with Crippen molar-refractivity contribution < 1.29 is 0 Å². The van der Waals surface area contributed by atoms with E-state index in [4.69, 9.17) is 17.3 Å². The first-order valence-electron chi connectivity index (χ1n) is 11.1. The molecule has 0 amide bonds. The van der Waals surface area contributed by atoms with Gasteiger partial charge in [-0.3, -0.25) is 0 Å². The first-order valence-corrected chi connectivity index (χ1v) is 12.3. The minimum absolute atomic E-state index is 0.613. The van der Waals surface area contributed by atoms with Gasteiger partial charge in [0.05, 0.1) is 5.39 Å². The standard InChI is InChI=1S/C24H29ClN4S/c1-29(12-11-15-5-2-3-8-19(15)25)17-7-4-6-16(13-17)18-9-10-20-21(18)22-23(26)27-14-28-24(22)30-20/h2-3,5,8,14,16-18H,4,6-7,9-13H2,1H3,(H2,26,27,28)/t16?,17-,18?/m0/s1. The van der Waals surface area contributed by atoms with Gasteiger partial charge in [-0.25, -0.2) is 9.97 Å². The zero-order valence-corrected chi connectivity index (χ0v) is 19.1. The van der Waals surface area contributed by atoms with Crippen molar-refractivity contribution in [3.05, 3.63) is 51.6 Å². The maximum Gasteiger partial charge on any atom is 0.135 e. The molecule has 3 atom stereocenters. The smallest absolute Gasteiger partial charge is 0.135 e. The van der Waals surface area contributed by atoms with Gasteiger partial charge in [0.25, 0.3) is 0 Å². The van der Waals surface area contributed by atoms with Crippen molar-refractivity contribution in [2.24, 2.45) is 5.92 Å². The number of fused-ring (bicyclic) bond motifs is 3. The fourth-order valence-electron chi connectivity index (χ4n) is 5.65. The molecule has 0 bridgehead atoms. The van der Waals surface area contributed by atoms with E-state index < -0.39 is 0 Å². The maximum atomic E-state index is 6.36. The summed E-state index contributed by atoms with van der Waals surface area (Å²) in [4.78, 5) is 13.9. The second-order valence-corrected chi connectivity index (χ2v) is 10.4. The molecule has 2 aromatic heterocycles. The Hall–Kier alpha value is -1.69. The number of aryl methyl sites for hydroxylation is 1. The number of benzene rings is 1. The van der Waals surface area contributed by atoms with Crippen LogP contribution in [0.4, 0.5) is 5.82 Å². The fraction of sp³-hybridized carbons (Fsp3) is 0.500. The Labute approximate surface area is 187 Å². The third-order valence-electron chi connectivity index (χ3n) is 7.26. The Bertz CT molecular complexity index is 1050. The lowest BCUT2D eigenvalue weighted by atomic mass is 9.75. The van der Waals surface area contributed by atoms with Crippen LogP contribution in [-0.2, 0) is 12.8 Å². The molecule has 1 saturated carbocycles. The van der Waals surface area contributed by atoms with Crippen molar-refractivity contribution >= 4 is 39.0 Å². The van der Waals surface area contributed by atoms with E-state index in [9.17, 15) is 0 Å². The molecule has 5 rings (SSSR count). The van der Waals surface area contributed by atoms with E-state index in [0.29, 0.717) is 17.8 Å².